The molecular formula is C9H8Br3. The molecule has 0 unspecified atom stereocenters. The quantitative estimate of drug-likeness (QED) is 0.705. The lowest BCUT2D eigenvalue weighted by Gasteiger charge is -2.05. The highest BCUT2D eigenvalue weighted by Crippen LogP contribution is 2.31. The summed E-state index contributed by atoms with van der Waals surface area (Å²) in [6.45, 7) is 2.13. The minimum Gasteiger partial charge on any atom is -0.0648 e. The van der Waals surface area contributed by atoms with Gasteiger partial charge in [-0.25, -0.2) is 0 Å². The second-order valence-corrected chi connectivity index (χ2v) is 5.02. The molecule has 0 bridgehead atoms. The fourth-order valence-corrected chi connectivity index (χ4v) is 3.53. The monoisotopic (exact) mass is 353 g/mol. The van der Waals surface area contributed by atoms with Crippen molar-refractivity contribution >= 4 is 47.8 Å². The van der Waals surface area contributed by atoms with Gasteiger partial charge in [0, 0.05) is 13.4 Å². The molecule has 1 aromatic carbocycles. The van der Waals surface area contributed by atoms with Crippen molar-refractivity contribution in [3.05, 3.63) is 37.5 Å². The molecule has 0 aliphatic heterocycles. The molecule has 0 aromatic heterocycles. The van der Waals surface area contributed by atoms with Gasteiger partial charge >= 0.3 is 0 Å². The predicted molar refractivity (Wildman–Crippen MR) is 63.2 cm³/mol. The van der Waals surface area contributed by atoms with Crippen molar-refractivity contribution in [3.8, 4) is 0 Å². The van der Waals surface area contributed by atoms with Crippen LogP contribution in [-0.2, 0) is 0 Å². The smallest absolute Gasteiger partial charge is 0.0232 e. The molecule has 1 aromatic rings. The van der Waals surface area contributed by atoms with Crippen molar-refractivity contribution in [2.24, 2.45) is 0 Å². The zero-order valence-corrected chi connectivity index (χ0v) is 11.3. The van der Waals surface area contributed by atoms with Crippen LogP contribution < -0.4 is 0 Å². The first-order valence-electron chi connectivity index (χ1n) is 3.63. The molecule has 0 aliphatic carbocycles. The Morgan fingerprint density at radius 2 is 1.67 bits per heavy atom. The van der Waals surface area contributed by atoms with Crippen molar-refractivity contribution in [3.63, 3.8) is 0 Å². The predicted octanol–water partition coefficient (Wildman–Crippen LogP) is 4.94. The Morgan fingerprint density at radius 3 is 2.08 bits per heavy atom. The fraction of sp³-hybridized carbons (Fsp3) is 0.222. The average Bonchev–Trinajstić information content (AvgIpc) is 1.96. The van der Waals surface area contributed by atoms with Crippen LogP contribution in [0.3, 0.4) is 0 Å². The second-order valence-electron chi connectivity index (χ2n) is 2.40. The molecule has 0 amide bonds. The molecule has 0 N–H and O–H groups in total. The van der Waals surface area contributed by atoms with Gasteiger partial charge in [0.2, 0.25) is 0 Å². The molecule has 0 spiro atoms. The molecule has 0 nitrogen and oxygen atoms in total. The number of hydrogen-bond acceptors (Lipinski definition) is 0. The van der Waals surface area contributed by atoms with Crippen LogP contribution in [0, 0.1) is 6.42 Å². The van der Waals surface area contributed by atoms with E-state index in [1.807, 2.05) is 12.1 Å². The minimum atomic E-state index is 1.04. The summed E-state index contributed by atoms with van der Waals surface area (Å²) >= 11 is 10.4. The van der Waals surface area contributed by atoms with Gasteiger partial charge in [-0.2, -0.15) is 0 Å². The van der Waals surface area contributed by atoms with Crippen LogP contribution in [-0.4, -0.2) is 0 Å². The Labute approximate surface area is 98.1 Å². The summed E-state index contributed by atoms with van der Waals surface area (Å²) in [4.78, 5) is 0. The van der Waals surface area contributed by atoms with Crippen molar-refractivity contribution in [1.29, 1.82) is 0 Å². The van der Waals surface area contributed by atoms with Gasteiger partial charge < -0.3 is 0 Å². The zero-order chi connectivity index (χ0) is 9.14. The van der Waals surface area contributed by atoms with E-state index in [1.54, 1.807) is 0 Å². The summed E-state index contributed by atoms with van der Waals surface area (Å²) in [6, 6.07) is 4.10. The summed E-state index contributed by atoms with van der Waals surface area (Å²) in [5.74, 6) is 0. The fourth-order valence-electron chi connectivity index (χ4n) is 0.952. The van der Waals surface area contributed by atoms with E-state index in [9.17, 15) is 0 Å². The van der Waals surface area contributed by atoms with Gasteiger partial charge in [-0.1, -0.05) is 54.7 Å². The van der Waals surface area contributed by atoms with Gasteiger partial charge in [-0.15, -0.1) is 0 Å². The molecule has 12 heavy (non-hydrogen) atoms. The molecule has 65 valence electrons. The van der Waals surface area contributed by atoms with Crippen LogP contribution in [0.15, 0.2) is 25.6 Å². The molecular weight excluding hydrogens is 348 g/mol. The van der Waals surface area contributed by atoms with Crippen molar-refractivity contribution in [2.75, 3.05) is 0 Å². The third-order valence-corrected chi connectivity index (χ3v) is 3.22. The van der Waals surface area contributed by atoms with Gasteiger partial charge in [0.15, 0.2) is 0 Å². The highest BCUT2D eigenvalue weighted by atomic mass is 79.9. The minimum absolute atomic E-state index is 1.04. The van der Waals surface area contributed by atoms with E-state index in [4.69, 9.17) is 0 Å². The summed E-state index contributed by atoms with van der Waals surface area (Å²) in [6.07, 6.45) is 3.22. The highest BCUT2D eigenvalue weighted by Gasteiger charge is 2.05. The van der Waals surface area contributed by atoms with Crippen LogP contribution in [0.5, 0.6) is 0 Å². The molecule has 0 fully saturated rings. The Balaban J connectivity index is 3.10. The Kier molecular flexibility index (Phi) is 4.27. The number of benzene rings is 1. The van der Waals surface area contributed by atoms with E-state index < -0.39 is 0 Å². The standard InChI is InChI=1S/C9H8Br3/c1-2-3-7-8(11)4-6(10)5-9(7)12/h3-5H,2H2,1H3. The van der Waals surface area contributed by atoms with E-state index in [0.29, 0.717) is 0 Å². The average molecular weight is 356 g/mol. The first-order chi connectivity index (χ1) is 5.65. The van der Waals surface area contributed by atoms with E-state index >= 15 is 0 Å². The maximum atomic E-state index is 3.51. The Bertz CT molecular complexity index is 258. The van der Waals surface area contributed by atoms with Crippen LogP contribution in [0.25, 0.3) is 0 Å². The van der Waals surface area contributed by atoms with Crippen LogP contribution in [0.2, 0.25) is 0 Å². The van der Waals surface area contributed by atoms with Gasteiger partial charge in [0.25, 0.3) is 0 Å². The van der Waals surface area contributed by atoms with Gasteiger partial charge in [-0.05, 0) is 30.5 Å². The number of hydrogen-bond donors (Lipinski definition) is 0. The molecule has 1 rings (SSSR count). The van der Waals surface area contributed by atoms with Crippen molar-refractivity contribution in [1.82, 2.24) is 0 Å². The normalized spacial score (nSPS) is 10.3. The molecule has 3 heteroatoms. The first kappa shape index (κ1) is 10.7. The topological polar surface area (TPSA) is 0 Å². The Morgan fingerprint density at radius 1 is 1.17 bits per heavy atom. The summed E-state index contributed by atoms with van der Waals surface area (Å²) < 4.78 is 3.31. The maximum absolute atomic E-state index is 3.51. The van der Waals surface area contributed by atoms with E-state index in [0.717, 1.165) is 19.8 Å². The van der Waals surface area contributed by atoms with Crippen LogP contribution >= 0.6 is 47.8 Å². The lowest BCUT2D eigenvalue weighted by Crippen LogP contribution is -1.85. The Hall–Kier alpha value is 0.660. The van der Waals surface area contributed by atoms with Crippen molar-refractivity contribution in [2.45, 2.75) is 13.3 Å². The van der Waals surface area contributed by atoms with E-state index in [2.05, 4.69) is 61.1 Å². The van der Waals surface area contributed by atoms with Gasteiger partial charge in [0.05, 0.1) is 0 Å². The van der Waals surface area contributed by atoms with Crippen molar-refractivity contribution < 1.29 is 0 Å². The number of halogens is 3. The zero-order valence-electron chi connectivity index (χ0n) is 6.57. The molecule has 1 radical (unpaired) electrons. The van der Waals surface area contributed by atoms with Gasteiger partial charge in [-0.3, -0.25) is 0 Å². The summed E-state index contributed by atoms with van der Waals surface area (Å²) in [7, 11) is 0. The molecule has 0 saturated heterocycles. The maximum Gasteiger partial charge on any atom is 0.0232 e. The van der Waals surface area contributed by atoms with Gasteiger partial charge in [0.1, 0.15) is 0 Å². The highest BCUT2D eigenvalue weighted by molar-refractivity contribution is 9.11. The summed E-state index contributed by atoms with van der Waals surface area (Å²) in [5.41, 5.74) is 1.22. The lowest BCUT2D eigenvalue weighted by molar-refractivity contribution is 1.11. The molecule has 0 heterocycles. The largest absolute Gasteiger partial charge is 0.0648 e. The SMILES string of the molecule is CC[CH]c1c(Br)cc(Br)cc1Br. The molecule has 0 saturated carbocycles. The van der Waals surface area contributed by atoms with Crippen LogP contribution in [0.1, 0.15) is 18.9 Å². The molecule has 0 atom stereocenters. The first-order valence-corrected chi connectivity index (χ1v) is 6.00. The molecule has 0 aliphatic rings. The third kappa shape index (κ3) is 2.57. The number of rotatable bonds is 2. The summed E-state index contributed by atoms with van der Waals surface area (Å²) in [5, 5.41) is 0. The van der Waals surface area contributed by atoms with E-state index in [-0.39, 0.29) is 0 Å². The van der Waals surface area contributed by atoms with Crippen LogP contribution in [0.4, 0.5) is 0 Å². The lowest BCUT2D eigenvalue weighted by atomic mass is 10.1. The second kappa shape index (κ2) is 4.77. The van der Waals surface area contributed by atoms with E-state index in [1.165, 1.54) is 5.56 Å². The third-order valence-electron chi connectivity index (χ3n) is 1.45.